The third-order valence-electron chi connectivity index (χ3n) is 14.3. The monoisotopic (exact) mass is 575 g/mol. The van der Waals surface area contributed by atoms with Gasteiger partial charge < -0.3 is 0 Å². The average molecular weight is 575 g/mol. The first-order valence-corrected chi connectivity index (χ1v) is 20.1. The first kappa shape index (κ1) is 31.5. The maximum atomic E-state index is 2.94. The van der Waals surface area contributed by atoms with Crippen LogP contribution >= 0.6 is 0 Å². The summed E-state index contributed by atoms with van der Waals surface area (Å²) in [6.45, 7) is 5.00. The lowest BCUT2D eigenvalue weighted by Crippen LogP contribution is -2.27. The molecule has 0 heterocycles. The summed E-state index contributed by atoms with van der Waals surface area (Å²) in [7, 11) is 0. The van der Waals surface area contributed by atoms with Gasteiger partial charge in [0.15, 0.2) is 0 Å². The smallest absolute Gasteiger partial charge is 0.0200 e. The van der Waals surface area contributed by atoms with Gasteiger partial charge in [0.05, 0.1) is 0 Å². The number of allylic oxidation sites excluding steroid dienone is 4. The van der Waals surface area contributed by atoms with Crippen molar-refractivity contribution in [2.45, 2.75) is 181 Å². The van der Waals surface area contributed by atoms with Crippen LogP contribution < -0.4 is 0 Å². The van der Waals surface area contributed by atoms with E-state index in [1.54, 1.807) is 25.7 Å². The molecule has 0 bridgehead atoms. The molecule has 0 heteroatoms. The normalized spacial score (nSPS) is 39.4. The Bertz CT molecular complexity index is 788. The Morgan fingerprint density at radius 2 is 0.643 bits per heavy atom. The molecule has 0 aliphatic heterocycles. The summed E-state index contributed by atoms with van der Waals surface area (Å²) < 4.78 is 0. The summed E-state index contributed by atoms with van der Waals surface area (Å²) >= 11 is 0. The van der Waals surface area contributed by atoms with Gasteiger partial charge in [0.1, 0.15) is 0 Å². The highest BCUT2D eigenvalue weighted by Crippen LogP contribution is 2.47. The zero-order valence-electron chi connectivity index (χ0n) is 28.3. The standard InChI is InChI=1S/C42H70/c1-31-13-21-39(22-14-31)42(40-23-15-32(2)16-24-40)30-34-19-27-36(28-20-34)35-25-17-33(18-26-35)29-41(37-9-5-3-6-10-37)38-11-7-4-8-12-38/h29-40H,3-28H2,1-2H3. The topological polar surface area (TPSA) is 0 Å². The fourth-order valence-electron chi connectivity index (χ4n) is 11.4. The van der Waals surface area contributed by atoms with Gasteiger partial charge in [-0.1, -0.05) is 101 Å². The Morgan fingerprint density at radius 1 is 0.333 bits per heavy atom. The van der Waals surface area contributed by atoms with Crippen LogP contribution in [0.5, 0.6) is 0 Å². The predicted molar refractivity (Wildman–Crippen MR) is 182 cm³/mol. The van der Waals surface area contributed by atoms with Crippen LogP contribution in [0.25, 0.3) is 0 Å². The van der Waals surface area contributed by atoms with Crippen LogP contribution in [-0.2, 0) is 0 Å². The molecule has 6 saturated carbocycles. The molecule has 0 atom stereocenters. The molecule has 0 unspecified atom stereocenters. The van der Waals surface area contributed by atoms with E-state index in [1.165, 1.54) is 141 Å². The van der Waals surface area contributed by atoms with E-state index < -0.39 is 0 Å². The van der Waals surface area contributed by atoms with E-state index in [9.17, 15) is 0 Å². The second-order valence-corrected chi connectivity index (χ2v) is 17.3. The van der Waals surface area contributed by atoms with Crippen molar-refractivity contribution >= 4 is 0 Å². The van der Waals surface area contributed by atoms with Gasteiger partial charge >= 0.3 is 0 Å². The van der Waals surface area contributed by atoms with E-state index in [2.05, 4.69) is 26.0 Å². The molecule has 6 aliphatic rings. The molecule has 42 heavy (non-hydrogen) atoms. The van der Waals surface area contributed by atoms with E-state index in [0.29, 0.717) is 0 Å². The average Bonchev–Trinajstić information content (AvgIpc) is 3.05. The fourth-order valence-corrected chi connectivity index (χ4v) is 11.4. The van der Waals surface area contributed by atoms with Gasteiger partial charge in [-0.25, -0.2) is 0 Å². The molecule has 0 radical (unpaired) electrons. The Kier molecular flexibility index (Phi) is 11.7. The maximum Gasteiger partial charge on any atom is -0.0200 e. The second-order valence-electron chi connectivity index (χ2n) is 17.3. The summed E-state index contributed by atoms with van der Waals surface area (Å²) in [5.41, 5.74) is 3.97. The molecule has 6 fully saturated rings. The molecule has 6 aliphatic carbocycles. The van der Waals surface area contributed by atoms with Crippen molar-refractivity contribution in [3.63, 3.8) is 0 Å². The minimum Gasteiger partial charge on any atom is -0.0817 e. The fraction of sp³-hybridized carbons (Fsp3) is 0.905. The van der Waals surface area contributed by atoms with Gasteiger partial charge in [-0.3, -0.25) is 0 Å². The zero-order chi connectivity index (χ0) is 28.7. The van der Waals surface area contributed by atoms with Gasteiger partial charge in [-0.05, 0) is 162 Å². The Hall–Kier alpha value is -0.520. The molecule has 0 aromatic rings. The van der Waals surface area contributed by atoms with Crippen molar-refractivity contribution in [1.29, 1.82) is 0 Å². The molecule has 0 amide bonds. The van der Waals surface area contributed by atoms with Crippen molar-refractivity contribution in [1.82, 2.24) is 0 Å². The molecule has 0 spiro atoms. The van der Waals surface area contributed by atoms with Crippen LogP contribution in [0.3, 0.4) is 0 Å². The van der Waals surface area contributed by atoms with Crippen LogP contribution in [0.15, 0.2) is 23.3 Å². The van der Waals surface area contributed by atoms with E-state index >= 15 is 0 Å². The van der Waals surface area contributed by atoms with Crippen molar-refractivity contribution in [3.05, 3.63) is 23.3 Å². The first-order valence-electron chi connectivity index (χ1n) is 20.1. The summed E-state index contributed by atoms with van der Waals surface area (Å²) in [6, 6.07) is 0. The van der Waals surface area contributed by atoms with Crippen LogP contribution in [0.1, 0.15) is 181 Å². The Morgan fingerprint density at radius 3 is 0.976 bits per heavy atom. The zero-order valence-corrected chi connectivity index (χ0v) is 28.3. The van der Waals surface area contributed by atoms with Crippen molar-refractivity contribution in [3.8, 4) is 0 Å². The minimum atomic E-state index is 0.905. The maximum absolute atomic E-state index is 2.94. The lowest BCUT2D eigenvalue weighted by Gasteiger charge is -2.39. The van der Waals surface area contributed by atoms with Crippen LogP contribution in [0.4, 0.5) is 0 Å². The summed E-state index contributed by atoms with van der Waals surface area (Å²) in [6.07, 6.45) is 45.0. The summed E-state index contributed by atoms with van der Waals surface area (Å²) in [5, 5.41) is 0. The largest absolute Gasteiger partial charge is 0.0817 e. The Balaban J connectivity index is 1.02. The molecular weight excluding hydrogens is 504 g/mol. The lowest BCUT2D eigenvalue weighted by molar-refractivity contribution is 0.164. The van der Waals surface area contributed by atoms with E-state index in [-0.39, 0.29) is 0 Å². The van der Waals surface area contributed by atoms with Gasteiger partial charge in [0.25, 0.3) is 0 Å². The molecule has 0 aromatic heterocycles. The van der Waals surface area contributed by atoms with E-state index in [1.807, 2.05) is 11.1 Å². The second kappa shape index (κ2) is 15.7. The molecule has 238 valence electrons. The quantitative estimate of drug-likeness (QED) is 0.265. The molecule has 0 nitrogen and oxygen atoms in total. The third kappa shape index (κ3) is 8.39. The van der Waals surface area contributed by atoms with E-state index in [0.717, 1.165) is 59.2 Å². The Labute approximate surface area is 262 Å². The SMILES string of the molecule is CC1CCC(C(=CC2CCC(C3CCC(C=C(C4CCCCC4)C4CCCCC4)CC3)CC2)C2CCC(C)CC2)CC1. The molecule has 0 aromatic carbocycles. The molecule has 0 N–H and O–H groups in total. The first-order chi connectivity index (χ1) is 20.6. The number of rotatable bonds is 7. The molecule has 6 rings (SSSR count). The van der Waals surface area contributed by atoms with Crippen molar-refractivity contribution in [2.24, 2.45) is 59.2 Å². The molecular formula is C42H70. The highest BCUT2D eigenvalue weighted by molar-refractivity contribution is 5.16. The lowest BCUT2D eigenvalue weighted by atomic mass is 9.66. The third-order valence-corrected chi connectivity index (χ3v) is 14.3. The van der Waals surface area contributed by atoms with Crippen LogP contribution in [0.2, 0.25) is 0 Å². The van der Waals surface area contributed by atoms with Gasteiger partial charge in [-0.15, -0.1) is 0 Å². The van der Waals surface area contributed by atoms with Crippen molar-refractivity contribution < 1.29 is 0 Å². The highest BCUT2D eigenvalue weighted by atomic mass is 14.4. The van der Waals surface area contributed by atoms with Crippen molar-refractivity contribution in [2.75, 3.05) is 0 Å². The highest BCUT2D eigenvalue weighted by Gasteiger charge is 2.34. The summed E-state index contributed by atoms with van der Waals surface area (Å²) in [4.78, 5) is 0. The van der Waals surface area contributed by atoms with Gasteiger partial charge in [0, 0.05) is 0 Å². The summed E-state index contributed by atoms with van der Waals surface area (Å²) in [5.74, 6) is 9.66. The molecule has 0 saturated heterocycles. The van der Waals surface area contributed by atoms with Gasteiger partial charge in [-0.2, -0.15) is 0 Å². The van der Waals surface area contributed by atoms with E-state index in [4.69, 9.17) is 0 Å². The predicted octanol–water partition coefficient (Wildman–Crippen LogP) is 13.3. The van der Waals surface area contributed by atoms with Crippen LogP contribution in [-0.4, -0.2) is 0 Å². The number of hydrogen-bond acceptors (Lipinski definition) is 0. The number of hydrogen-bond donors (Lipinski definition) is 0. The van der Waals surface area contributed by atoms with Crippen LogP contribution in [0, 0.1) is 59.2 Å². The van der Waals surface area contributed by atoms with Gasteiger partial charge in [0.2, 0.25) is 0 Å². The minimum absolute atomic E-state index is 0.905.